The van der Waals surface area contributed by atoms with Crippen molar-refractivity contribution >= 4 is 11.8 Å². The molecule has 0 aromatic heterocycles. The van der Waals surface area contributed by atoms with E-state index in [1.165, 1.54) is 32.3 Å². The number of carbonyl (C=O) groups is 2. The molecule has 2 rings (SSSR count). The van der Waals surface area contributed by atoms with E-state index in [4.69, 9.17) is 0 Å². The van der Waals surface area contributed by atoms with E-state index >= 15 is 0 Å². The van der Waals surface area contributed by atoms with Crippen molar-refractivity contribution in [3.05, 3.63) is 35.6 Å². The lowest BCUT2D eigenvalue weighted by Gasteiger charge is -2.24. The molecule has 0 spiro atoms. The van der Waals surface area contributed by atoms with Gasteiger partial charge in [-0.05, 0) is 30.9 Å². The van der Waals surface area contributed by atoms with Crippen LogP contribution in [0.4, 0.5) is 4.39 Å². The molecule has 1 aromatic carbocycles. The Balaban J connectivity index is 1.77. The third-order valence-corrected chi connectivity index (χ3v) is 4.63. The number of halogens is 1. The molecule has 2 amide bonds. The van der Waals surface area contributed by atoms with Gasteiger partial charge in [-0.15, -0.1) is 0 Å². The standard InChI is InChI=1S/C19H27FN2O2/c1-15(23)22(13-11-16-7-5-6-10-18(16)20)14-12-19(24)21-17-8-3-2-4-9-17/h5-7,10,17H,2-4,8-9,11-14H2,1H3,(H,21,24). The van der Waals surface area contributed by atoms with Gasteiger partial charge in [-0.3, -0.25) is 9.59 Å². The summed E-state index contributed by atoms with van der Waals surface area (Å²) in [4.78, 5) is 25.4. The quantitative estimate of drug-likeness (QED) is 0.833. The summed E-state index contributed by atoms with van der Waals surface area (Å²) in [6.07, 6.45) is 6.45. The molecule has 1 fully saturated rings. The van der Waals surface area contributed by atoms with Crippen LogP contribution < -0.4 is 5.32 Å². The normalized spacial score (nSPS) is 15.1. The molecule has 0 radical (unpaired) electrons. The van der Waals surface area contributed by atoms with Gasteiger partial charge in [-0.2, -0.15) is 0 Å². The third kappa shape index (κ3) is 5.95. The van der Waals surface area contributed by atoms with Gasteiger partial charge in [0.15, 0.2) is 0 Å². The Morgan fingerprint density at radius 1 is 1.17 bits per heavy atom. The lowest BCUT2D eigenvalue weighted by atomic mass is 9.95. The molecule has 0 atom stereocenters. The number of nitrogens with zero attached hydrogens (tertiary/aromatic N) is 1. The van der Waals surface area contributed by atoms with Crippen LogP contribution in [0.5, 0.6) is 0 Å². The number of carbonyl (C=O) groups excluding carboxylic acids is 2. The second kappa shape index (κ2) is 9.40. The predicted molar refractivity (Wildman–Crippen MR) is 92.0 cm³/mol. The fraction of sp³-hybridized carbons (Fsp3) is 0.579. The van der Waals surface area contributed by atoms with E-state index in [1.54, 1.807) is 23.1 Å². The van der Waals surface area contributed by atoms with E-state index < -0.39 is 0 Å². The highest BCUT2D eigenvalue weighted by molar-refractivity contribution is 5.78. The first-order valence-electron chi connectivity index (χ1n) is 8.84. The fourth-order valence-corrected chi connectivity index (χ4v) is 3.17. The number of benzene rings is 1. The molecule has 5 heteroatoms. The minimum absolute atomic E-state index is 0.000887. The van der Waals surface area contributed by atoms with Crippen LogP contribution in [0, 0.1) is 5.82 Å². The molecular formula is C19H27FN2O2. The van der Waals surface area contributed by atoms with Crippen molar-refractivity contribution in [2.45, 2.75) is 57.9 Å². The molecule has 1 aliphatic rings. The number of hydrogen-bond acceptors (Lipinski definition) is 2. The Hall–Kier alpha value is -1.91. The lowest BCUT2D eigenvalue weighted by molar-refractivity contribution is -0.129. The van der Waals surface area contributed by atoms with E-state index in [2.05, 4.69) is 5.32 Å². The molecule has 24 heavy (non-hydrogen) atoms. The van der Waals surface area contributed by atoms with Crippen LogP contribution in [0.15, 0.2) is 24.3 Å². The summed E-state index contributed by atoms with van der Waals surface area (Å²) in [5, 5.41) is 3.06. The van der Waals surface area contributed by atoms with E-state index in [-0.39, 0.29) is 23.7 Å². The Bertz CT molecular complexity index is 556. The molecule has 0 bridgehead atoms. The number of amides is 2. The molecule has 1 aliphatic carbocycles. The first-order valence-corrected chi connectivity index (χ1v) is 8.84. The number of rotatable bonds is 7. The summed E-state index contributed by atoms with van der Waals surface area (Å²) in [5.74, 6) is -0.341. The molecule has 1 aromatic rings. The molecule has 4 nitrogen and oxygen atoms in total. The van der Waals surface area contributed by atoms with Crippen LogP contribution in [0.2, 0.25) is 0 Å². The summed E-state index contributed by atoms with van der Waals surface area (Å²) in [7, 11) is 0. The van der Waals surface area contributed by atoms with E-state index in [0.717, 1.165) is 12.8 Å². The second-order valence-corrected chi connectivity index (χ2v) is 6.50. The zero-order valence-corrected chi connectivity index (χ0v) is 14.4. The Morgan fingerprint density at radius 2 is 1.88 bits per heavy atom. The summed E-state index contributed by atoms with van der Waals surface area (Å²) in [5.41, 5.74) is 0.593. The molecular weight excluding hydrogens is 307 g/mol. The zero-order valence-electron chi connectivity index (χ0n) is 14.4. The van der Waals surface area contributed by atoms with Crippen molar-refractivity contribution in [3.63, 3.8) is 0 Å². The van der Waals surface area contributed by atoms with Crippen molar-refractivity contribution in [1.29, 1.82) is 0 Å². The van der Waals surface area contributed by atoms with Crippen LogP contribution in [-0.2, 0) is 16.0 Å². The smallest absolute Gasteiger partial charge is 0.221 e. The summed E-state index contributed by atoms with van der Waals surface area (Å²) < 4.78 is 13.6. The highest BCUT2D eigenvalue weighted by Crippen LogP contribution is 2.17. The third-order valence-electron chi connectivity index (χ3n) is 4.63. The minimum atomic E-state index is -0.254. The van der Waals surface area contributed by atoms with Crippen molar-refractivity contribution < 1.29 is 14.0 Å². The van der Waals surface area contributed by atoms with Crippen LogP contribution in [0.1, 0.15) is 51.0 Å². The highest BCUT2D eigenvalue weighted by atomic mass is 19.1. The highest BCUT2D eigenvalue weighted by Gasteiger charge is 2.17. The van der Waals surface area contributed by atoms with Gasteiger partial charge in [0.05, 0.1) is 0 Å². The average Bonchev–Trinajstić information content (AvgIpc) is 2.57. The lowest BCUT2D eigenvalue weighted by Crippen LogP contribution is -2.39. The van der Waals surface area contributed by atoms with Gasteiger partial charge in [0.1, 0.15) is 5.82 Å². The molecule has 132 valence electrons. The molecule has 0 unspecified atom stereocenters. The van der Waals surface area contributed by atoms with Gasteiger partial charge in [0.2, 0.25) is 11.8 Å². The van der Waals surface area contributed by atoms with Crippen LogP contribution in [-0.4, -0.2) is 35.8 Å². The second-order valence-electron chi connectivity index (χ2n) is 6.50. The fourth-order valence-electron chi connectivity index (χ4n) is 3.17. The van der Waals surface area contributed by atoms with Gasteiger partial charge in [-0.25, -0.2) is 4.39 Å². The monoisotopic (exact) mass is 334 g/mol. The van der Waals surface area contributed by atoms with Crippen LogP contribution >= 0.6 is 0 Å². The van der Waals surface area contributed by atoms with Gasteiger partial charge in [0.25, 0.3) is 0 Å². The first-order chi connectivity index (χ1) is 11.6. The van der Waals surface area contributed by atoms with E-state index in [1.807, 2.05) is 0 Å². The summed E-state index contributed by atoms with van der Waals surface area (Å²) in [6, 6.07) is 6.87. The van der Waals surface area contributed by atoms with E-state index in [9.17, 15) is 14.0 Å². The average molecular weight is 334 g/mol. The first kappa shape index (κ1) is 18.4. The maximum Gasteiger partial charge on any atom is 0.221 e. The Labute approximate surface area is 143 Å². The van der Waals surface area contributed by atoms with Crippen molar-refractivity contribution in [1.82, 2.24) is 10.2 Å². The molecule has 0 aliphatic heterocycles. The Morgan fingerprint density at radius 3 is 2.54 bits per heavy atom. The van der Waals surface area contributed by atoms with Gasteiger partial charge in [-0.1, -0.05) is 37.5 Å². The van der Waals surface area contributed by atoms with Gasteiger partial charge < -0.3 is 10.2 Å². The van der Waals surface area contributed by atoms with Crippen LogP contribution in [0.25, 0.3) is 0 Å². The van der Waals surface area contributed by atoms with Gasteiger partial charge in [0, 0.05) is 32.5 Å². The number of nitrogens with one attached hydrogen (secondary N) is 1. The largest absolute Gasteiger partial charge is 0.353 e. The van der Waals surface area contributed by atoms with Crippen LogP contribution in [0.3, 0.4) is 0 Å². The predicted octanol–water partition coefficient (Wildman–Crippen LogP) is 3.06. The SMILES string of the molecule is CC(=O)N(CCC(=O)NC1CCCCC1)CCc1ccccc1F. The van der Waals surface area contributed by atoms with Crippen molar-refractivity contribution in [3.8, 4) is 0 Å². The maximum absolute atomic E-state index is 13.6. The van der Waals surface area contributed by atoms with Crippen molar-refractivity contribution in [2.75, 3.05) is 13.1 Å². The Kier molecular flexibility index (Phi) is 7.22. The summed E-state index contributed by atoms with van der Waals surface area (Å²) >= 11 is 0. The zero-order chi connectivity index (χ0) is 17.4. The van der Waals surface area contributed by atoms with E-state index in [0.29, 0.717) is 31.5 Å². The number of hydrogen-bond donors (Lipinski definition) is 1. The van der Waals surface area contributed by atoms with Crippen molar-refractivity contribution in [2.24, 2.45) is 0 Å². The topological polar surface area (TPSA) is 49.4 Å². The molecule has 1 N–H and O–H groups in total. The molecule has 1 saturated carbocycles. The molecule has 0 saturated heterocycles. The van der Waals surface area contributed by atoms with Gasteiger partial charge >= 0.3 is 0 Å². The maximum atomic E-state index is 13.6. The minimum Gasteiger partial charge on any atom is -0.353 e. The molecule has 0 heterocycles. The summed E-state index contributed by atoms with van der Waals surface area (Å²) in [6.45, 7) is 2.29.